The van der Waals surface area contributed by atoms with Crippen LogP contribution in [0.3, 0.4) is 0 Å². The lowest BCUT2D eigenvalue weighted by Crippen LogP contribution is -2.54. The topological polar surface area (TPSA) is 100 Å². The van der Waals surface area contributed by atoms with Gasteiger partial charge in [0, 0.05) is 37.9 Å². The van der Waals surface area contributed by atoms with E-state index in [1.165, 1.54) is 10.8 Å². The summed E-state index contributed by atoms with van der Waals surface area (Å²) >= 11 is 0. The summed E-state index contributed by atoms with van der Waals surface area (Å²) in [6.07, 6.45) is 9.84. The molecule has 0 aliphatic carbocycles. The number of fused-ring (bicyclic) bond motifs is 3. The van der Waals surface area contributed by atoms with Crippen LogP contribution in [-0.2, 0) is 49.0 Å². The van der Waals surface area contributed by atoms with Crippen molar-refractivity contribution < 1.29 is 47.1 Å². The Bertz CT molecular complexity index is 1840. The Kier molecular flexibility index (Phi) is 14.2. The van der Waals surface area contributed by atoms with Gasteiger partial charge in [0.1, 0.15) is 36.5 Å². The fourth-order valence-corrected chi connectivity index (χ4v) is 9.31. The van der Waals surface area contributed by atoms with E-state index in [9.17, 15) is 4.79 Å². The zero-order valence-corrected chi connectivity index (χ0v) is 36.0. The molecule has 4 heterocycles. The van der Waals surface area contributed by atoms with Crippen LogP contribution in [0.1, 0.15) is 76.7 Å². The summed E-state index contributed by atoms with van der Waals surface area (Å²) in [4.78, 5) is 11.6. The number of carbonyl (C=O) groups is 1. The number of carbonyl (C=O) groups excluding carboxylic acids is 1. The normalized spacial score (nSPS) is 31.3. The first-order valence-corrected chi connectivity index (χ1v) is 23.9. The molecule has 0 aromatic heterocycles. The van der Waals surface area contributed by atoms with Crippen molar-refractivity contribution >= 4 is 25.4 Å². The van der Waals surface area contributed by atoms with E-state index in [4.69, 9.17) is 42.3 Å². The summed E-state index contributed by atoms with van der Waals surface area (Å²) in [7, 11) is -0.527. The summed E-state index contributed by atoms with van der Waals surface area (Å²) in [5.74, 6) is 0.771. The Morgan fingerprint density at radius 2 is 1.69 bits per heavy atom. The van der Waals surface area contributed by atoms with Crippen LogP contribution in [0.4, 0.5) is 0 Å². The van der Waals surface area contributed by atoms with Gasteiger partial charge in [-0.3, -0.25) is 0 Å². The van der Waals surface area contributed by atoms with Gasteiger partial charge in [-0.1, -0.05) is 81.5 Å². The lowest BCUT2D eigenvalue weighted by molar-refractivity contribution is -0.267. The average molecular weight is 815 g/mol. The molecule has 11 heteroatoms. The Morgan fingerprint density at radius 1 is 0.879 bits per heavy atom. The predicted octanol–water partition coefficient (Wildman–Crippen LogP) is 9.17. The molecule has 58 heavy (non-hydrogen) atoms. The summed E-state index contributed by atoms with van der Waals surface area (Å²) in [6, 6.07) is 22.6. The number of aldehydes is 1. The highest BCUT2D eigenvalue weighted by molar-refractivity contribution is 6.74. The molecule has 10 atom stereocenters. The second kappa shape index (κ2) is 19.3. The van der Waals surface area contributed by atoms with Crippen LogP contribution in [0.2, 0.25) is 18.1 Å². The van der Waals surface area contributed by atoms with Crippen LogP contribution in [-0.4, -0.2) is 89.9 Å². The average Bonchev–Trinajstić information content (AvgIpc) is 3.41. The third-order valence-electron chi connectivity index (χ3n) is 12.4. The molecule has 0 amide bonds. The lowest BCUT2D eigenvalue weighted by Gasteiger charge is -2.45. The highest BCUT2D eigenvalue weighted by atomic mass is 28.4. The minimum atomic E-state index is -2.17. The third kappa shape index (κ3) is 10.7. The summed E-state index contributed by atoms with van der Waals surface area (Å²) in [5, 5.41) is 2.46. The van der Waals surface area contributed by atoms with Crippen LogP contribution in [0.25, 0.3) is 10.8 Å². The fraction of sp³-hybridized carbons (Fsp3) is 0.553. The monoisotopic (exact) mass is 814 g/mol. The van der Waals surface area contributed by atoms with Crippen molar-refractivity contribution in [1.29, 1.82) is 0 Å². The van der Waals surface area contributed by atoms with E-state index >= 15 is 0 Å². The van der Waals surface area contributed by atoms with Gasteiger partial charge >= 0.3 is 0 Å². The first-order chi connectivity index (χ1) is 28.0. The number of ether oxygens (including phenoxy) is 8. The maximum atomic E-state index is 11.6. The largest absolute Gasteiger partial charge is 0.497 e. The van der Waals surface area contributed by atoms with Crippen molar-refractivity contribution in [2.45, 2.75) is 145 Å². The maximum Gasteiger partial charge on any atom is 0.192 e. The first kappa shape index (κ1) is 42.7. The Labute approximate surface area is 345 Å². The van der Waals surface area contributed by atoms with Gasteiger partial charge in [-0.2, -0.15) is 0 Å². The van der Waals surface area contributed by atoms with Crippen LogP contribution in [0, 0.1) is 0 Å². The minimum absolute atomic E-state index is 0.000653. The minimum Gasteiger partial charge on any atom is -0.497 e. The second-order valence-corrected chi connectivity index (χ2v) is 22.3. The molecule has 3 fully saturated rings. The molecule has 4 aliphatic heterocycles. The molecular weight excluding hydrogens is 753 g/mol. The number of benzene rings is 3. The molecule has 0 spiro atoms. The van der Waals surface area contributed by atoms with Gasteiger partial charge in [-0.25, -0.2) is 0 Å². The van der Waals surface area contributed by atoms with Crippen molar-refractivity contribution in [2.24, 2.45) is 0 Å². The molecule has 3 aromatic carbocycles. The molecular formula is C47H62O10Si. The Morgan fingerprint density at radius 3 is 2.47 bits per heavy atom. The number of hydrogen-bond acceptors (Lipinski definition) is 10. The second-order valence-electron chi connectivity index (χ2n) is 17.5. The van der Waals surface area contributed by atoms with E-state index < -0.39 is 14.6 Å². The molecule has 0 bridgehead atoms. The van der Waals surface area contributed by atoms with Gasteiger partial charge in [0.05, 0.1) is 57.1 Å². The Hall–Kier alpha value is -3.39. The summed E-state index contributed by atoms with van der Waals surface area (Å²) < 4.78 is 58.0. The quantitative estimate of drug-likeness (QED) is 0.0719. The number of hydrogen-bond donors (Lipinski definition) is 0. The van der Waals surface area contributed by atoms with E-state index in [0.29, 0.717) is 39.1 Å². The van der Waals surface area contributed by atoms with Crippen LogP contribution < -0.4 is 4.74 Å². The number of methoxy groups -OCH3 is 1. The van der Waals surface area contributed by atoms with Crippen molar-refractivity contribution in [3.05, 3.63) is 102 Å². The molecule has 0 unspecified atom stereocenters. The standard InChI is InChI=1S/C47H62O10Si/c1-47(2,3)58(5,6)57-44-29-42-43(28-37(22-25-51-42)52-30-32-16-17-33-11-7-8-12-35(33)27-32)54-41(44)23-26-50-38-13-9-14-40-45(55-39(38)15-10-24-48)31-53-46(56-40)34-18-20-36(49-4)21-19-34/h7-9,11-12,14,16-21,23-24,26-27,37-46H,10,13,15,22,25,28-31H2,1-6H3/b14-9-,26-23+/t37-,38+,39-,40-,41+,42+,43-,44-,45+,46+/m0/s1. The van der Waals surface area contributed by atoms with E-state index in [2.05, 4.69) is 82.4 Å². The van der Waals surface area contributed by atoms with Gasteiger partial charge in [0.25, 0.3) is 0 Å². The van der Waals surface area contributed by atoms with Gasteiger partial charge < -0.3 is 47.1 Å². The SMILES string of the molecule is COc1ccc([C@@H]2OC[C@H]3O[C@@H](CCC=O)[C@H](O/C=C/[C@H]4O[C@H]5C[C@@H](OCc6ccc7ccccc7c6)CCO[C@@H]5C[C@@H]4O[Si](C)(C)C(C)(C)C)C/C=C\[C@@H]3O2)cc1. The molecule has 7 rings (SSSR count). The summed E-state index contributed by atoms with van der Waals surface area (Å²) in [6.45, 7) is 12.8. The maximum absolute atomic E-state index is 11.6. The van der Waals surface area contributed by atoms with Crippen LogP contribution in [0.15, 0.2) is 91.2 Å². The number of rotatable bonds is 13. The smallest absolute Gasteiger partial charge is 0.192 e. The molecule has 314 valence electrons. The predicted molar refractivity (Wildman–Crippen MR) is 225 cm³/mol. The van der Waals surface area contributed by atoms with Crippen LogP contribution >= 0.6 is 0 Å². The van der Waals surface area contributed by atoms with Crippen molar-refractivity contribution in [1.82, 2.24) is 0 Å². The van der Waals surface area contributed by atoms with E-state index in [-0.39, 0.29) is 60.0 Å². The zero-order chi connectivity index (χ0) is 40.7. The van der Waals surface area contributed by atoms with Crippen molar-refractivity contribution in [3.63, 3.8) is 0 Å². The van der Waals surface area contributed by atoms with E-state index in [1.807, 2.05) is 36.4 Å². The molecule has 0 radical (unpaired) electrons. The summed E-state index contributed by atoms with van der Waals surface area (Å²) in [5.41, 5.74) is 2.06. The van der Waals surface area contributed by atoms with E-state index in [1.54, 1.807) is 13.4 Å². The van der Waals surface area contributed by atoms with Gasteiger partial charge in [-0.15, -0.1) is 0 Å². The van der Waals surface area contributed by atoms with Crippen molar-refractivity contribution in [3.8, 4) is 5.75 Å². The molecule has 3 aromatic rings. The molecule has 4 aliphatic rings. The van der Waals surface area contributed by atoms with E-state index in [0.717, 1.165) is 42.4 Å². The zero-order valence-electron chi connectivity index (χ0n) is 35.0. The molecule has 10 nitrogen and oxygen atoms in total. The highest BCUT2D eigenvalue weighted by Gasteiger charge is 2.46. The van der Waals surface area contributed by atoms with Crippen LogP contribution in [0.5, 0.6) is 5.75 Å². The first-order valence-electron chi connectivity index (χ1n) is 21.0. The molecule has 0 N–H and O–H groups in total. The van der Waals surface area contributed by atoms with Gasteiger partial charge in [0.15, 0.2) is 14.6 Å². The lowest BCUT2D eigenvalue weighted by atomic mass is 9.95. The highest BCUT2D eigenvalue weighted by Crippen LogP contribution is 2.41. The molecule has 0 saturated carbocycles. The third-order valence-corrected chi connectivity index (χ3v) is 16.9. The molecule has 3 saturated heterocycles. The fourth-order valence-electron chi connectivity index (χ4n) is 7.97. The van der Waals surface area contributed by atoms with Gasteiger partial charge in [0.2, 0.25) is 0 Å². The van der Waals surface area contributed by atoms with Crippen molar-refractivity contribution in [2.75, 3.05) is 20.3 Å². The Balaban J connectivity index is 1.03. The van der Waals surface area contributed by atoms with Gasteiger partial charge in [-0.05, 0) is 71.6 Å².